The fraction of sp³-hybridized carbons (Fsp3) is 0.726. The van der Waals surface area contributed by atoms with Crippen molar-refractivity contribution >= 4 is 17.9 Å². The summed E-state index contributed by atoms with van der Waals surface area (Å²) in [5, 5.41) is 0. The molecule has 1 atom stereocenters. The molecule has 0 aromatic carbocycles. The summed E-state index contributed by atoms with van der Waals surface area (Å²) >= 11 is 0. The number of allylic oxidation sites excluding steroid dienone is 14. The summed E-state index contributed by atoms with van der Waals surface area (Å²) in [6.45, 7) is 6.54. The van der Waals surface area contributed by atoms with Crippen LogP contribution in [0.5, 0.6) is 0 Å². The topological polar surface area (TPSA) is 78.9 Å². The summed E-state index contributed by atoms with van der Waals surface area (Å²) in [5.41, 5.74) is 0. The smallest absolute Gasteiger partial charge is 0.306 e. The van der Waals surface area contributed by atoms with Crippen LogP contribution >= 0.6 is 0 Å². The quantitative estimate of drug-likeness (QED) is 0.0199. The van der Waals surface area contributed by atoms with Gasteiger partial charge in [0.2, 0.25) is 0 Å². The summed E-state index contributed by atoms with van der Waals surface area (Å²) in [7, 11) is 0. The molecule has 0 fully saturated rings. The lowest BCUT2D eigenvalue weighted by atomic mass is 10.1. The van der Waals surface area contributed by atoms with E-state index in [1.54, 1.807) is 0 Å². The van der Waals surface area contributed by atoms with Gasteiger partial charge in [-0.05, 0) is 96.3 Å². The van der Waals surface area contributed by atoms with Crippen LogP contribution in [0.4, 0.5) is 0 Å². The highest BCUT2D eigenvalue weighted by molar-refractivity contribution is 5.71. The van der Waals surface area contributed by atoms with Crippen molar-refractivity contribution in [1.82, 2.24) is 0 Å². The molecule has 0 rings (SSSR count). The Morgan fingerprint density at radius 2 is 0.544 bits per heavy atom. The molecule has 0 bridgehead atoms. The van der Waals surface area contributed by atoms with E-state index in [-0.39, 0.29) is 31.1 Å². The minimum Gasteiger partial charge on any atom is -0.462 e. The summed E-state index contributed by atoms with van der Waals surface area (Å²) in [5.74, 6) is -0.931. The van der Waals surface area contributed by atoms with Gasteiger partial charge < -0.3 is 14.2 Å². The molecule has 1 unspecified atom stereocenters. The van der Waals surface area contributed by atoms with E-state index in [2.05, 4.69) is 106 Å². The van der Waals surface area contributed by atoms with Gasteiger partial charge in [-0.2, -0.15) is 0 Å². The van der Waals surface area contributed by atoms with Gasteiger partial charge in [0.15, 0.2) is 6.10 Å². The number of hydrogen-bond donors (Lipinski definition) is 0. The first-order chi connectivity index (χ1) is 33.5. The highest BCUT2D eigenvalue weighted by Gasteiger charge is 2.19. The third-order valence-electron chi connectivity index (χ3n) is 12.2. The molecule has 0 aliphatic carbocycles. The van der Waals surface area contributed by atoms with Crippen molar-refractivity contribution in [2.24, 2.45) is 0 Å². The zero-order chi connectivity index (χ0) is 49.3. The molecule has 0 aliphatic rings. The van der Waals surface area contributed by atoms with Crippen molar-refractivity contribution in [3.05, 3.63) is 85.1 Å². The molecule has 6 heteroatoms. The molecule has 68 heavy (non-hydrogen) atoms. The SMILES string of the molecule is CCCCC\C=C/C=C\C=C/C=C\CCCCCCCC(=O)OC(COC(=O)CCCCC/C=C\CCCCCCCC)COC(=O)CCCCCCCCCCCC/C=C\C=C/CCCCC. The van der Waals surface area contributed by atoms with E-state index < -0.39 is 6.10 Å². The molecule has 0 amide bonds. The summed E-state index contributed by atoms with van der Waals surface area (Å²) in [6, 6.07) is 0. The molecule has 0 aliphatic heterocycles. The first-order valence-electron chi connectivity index (χ1n) is 28.7. The third kappa shape index (κ3) is 53.5. The van der Waals surface area contributed by atoms with Crippen LogP contribution in [0.15, 0.2) is 85.1 Å². The lowest BCUT2D eigenvalue weighted by Gasteiger charge is -2.18. The van der Waals surface area contributed by atoms with Crippen molar-refractivity contribution in [3.63, 3.8) is 0 Å². The van der Waals surface area contributed by atoms with Gasteiger partial charge in [-0.25, -0.2) is 0 Å². The number of rotatable bonds is 51. The van der Waals surface area contributed by atoms with Crippen molar-refractivity contribution in [1.29, 1.82) is 0 Å². The Hall–Kier alpha value is -3.41. The second-order valence-corrected chi connectivity index (χ2v) is 19.0. The van der Waals surface area contributed by atoms with E-state index in [9.17, 15) is 14.4 Å². The molecule has 0 saturated heterocycles. The highest BCUT2D eigenvalue weighted by atomic mass is 16.6. The molecule has 0 heterocycles. The Labute approximate surface area is 420 Å². The van der Waals surface area contributed by atoms with Gasteiger partial charge in [-0.3, -0.25) is 14.4 Å². The zero-order valence-electron chi connectivity index (χ0n) is 44.6. The number of esters is 3. The average molecular weight is 948 g/mol. The lowest BCUT2D eigenvalue weighted by Crippen LogP contribution is -2.30. The van der Waals surface area contributed by atoms with E-state index in [0.717, 1.165) is 96.3 Å². The van der Waals surface area contributed by atoms with Crippen LogP contribution in [-0.2, 0) is 28.6 Å². The van der Waals surface area contributed by atoms with Gasteiger partial charge >= 0.3 is 17.9 Å². The molecule has 0 radical (unpaired) electrons. The van der Waals surface area contributed by atoms with E-state index in [0.29, 0.717) is 19.3 Å². The van der Waals surface area contributed by atoms with Crippen molar-refractivity contribution in [3.8, 4) is 0 Å². The number of ether oxygens (including phenoxy) is 3. The molecular formula is C62H106O6. The van der Waals surface area contributed by atoms with Gasteiger partial charge in [0.05, 0.1) is 0 Å². The third-order valence-corrected chi connectivity index (χ3v) is 12.2. The fourth-order valence-corrected chi connectivity index (χ4v) is 7.85. The van der Waals surface area contributed by atoms with Gasteiger partial charge in [0.1, 0.15) is 13.2 Å². The van der Waals surface area contributed by atoms with E-state index in [4.69, 9.17) is 14.2 Å². The minimum absolute atomic E-state index is 0.0927. The second-order valence-electron chi connectivity index (χ2n) is 19.0. The predicted molar refractivity (Wildman–Crippen MR) is 293 cm³/mol. The molecule has 0 spiro atoms. The van der Waals surface area contributed by atoms with Crippen LogP contribution in [0, 0.1) is 0 Å². The molecule has 0 N–H and O–H groups in total. The number of carbonyl (C=O) groups excluding carboxylic acids is 3. The molecule has 6 nitrogen and oxygen atoms in total. The maximum Gasteiger partial charge on any atom is 0.306 e. The fourth-order valence-electron chi connectivity index (χ4n) is 7.85. The molecule has 0 aromatic heterocycles. The molecule has 0 aromatic rings. The molecule has 0 saturated carbocycles. The van der Waals surface area contributed by atoms with Crippen LogP contribution in [0.2, 0.25) is 0 Å². The van der Waals surface area contributed by atoms with Gasteiger partial charge in [0.25, 0.3) is 0 Å². The van der Waals surface area contributed by atoms with Crippen LogP contribution < -0.4 is 0 Å². The van der Waals surface area contributed by atoms with Crippen molar-refractivity contribution in [2.45, 2.75) is 277 Å². The van der Waals surface area contributed by atoms with Crippen LogP contribution in [0.1, 0.15) is 271 Å². The summed E-state index contributed by atoms with van der Waals surface area (Å²) in [6.07, 6.45) is 72.8. The van der Waals surface area contributed by atoms with Crippen molar-refractivity contribution in [2.75, 3.05) is 13.2 Å². The normalized spacial score (nSPS) is 12.7. The largest absolute Gasteiger partial charge is 0.462 e. The Morgan fingerprint density at radius 1 is 0.294 bits per heavy atom. The maximum absolute atomic E-state index is 12.8. The molecular weight excluding hydrogens is 841 g/mol. The predicted octanol–water partition coefficient (Wildman–Crippen LogP) is 19.2. The van der Waals surface area contributed by atoms with Crippen molar-refractivity contribution < 1.29 is 28.6 Å². The van der Waals surface area contributed by atoms with Gasteiger partial charge in [0, 0.05) is 19.3 Å². The Morgan fingerprint density at radius 3 is 0.926 bits per heavy atom. The number of carbonyl (C=O) groups is 3. The number of hydrogen-bond acceptors (Lipinski definition) is 6. The highest BCUT2D eigenvalue weighted by Crippen LogP contribution is 2.15. The van der Waals surface area contributed by atoms with E-state index >= 15 is 0 Å². The monoisotopic (exact) mass is 947 g/mol. The minimum atomic E-state index is -0.797. The maximum atomic E-state index is 12.8. The number of unbranched alkanes of at least 4 members (excludes halogenated alkanes) is 30. The van der Waals surface area contributed by atoms with Gasteiger partial charge in [-0.1, -0.05) is 241 Å². The zero-order valence-corrected chi connectivity index (χ0v) is 44.6. The van der Waals surface area contributed by atoms with Crippen LogP contribution in [0.3, 0.4) is 0 Å². The Bertz CT molecular complexity index is 1320. The summed E-state index contributed by atoms with van der Waals surface area (Å²) in [4.78, 5) is 38.1. The van der Waals surface area contributed by atoms with E-state index in [1.165, 1.54) is 135 Å². The first kappa shape index (κ1) is 64.6. The lowest BCUT2D eigenvalue weighted by molar-refractivity contribution is -0.167. The van der Waals surface area contributed by atoms with Crippen LogP contribution in [-0.4, -0.2) is 37.2 Å². The Balaban J connectivity index is 4.44. The Kier molecular flexibility index (Phi) is 53.4. The summed E-state index contributed by atoms with van der Waals surface area (Å²) < 4.78 is 16.8. The van der Waals surface area contributed by atoms with E-state index in [1.807, 2.05) is 0 Å². The van der Waals surface area contributed by atoms with Crippen LogP contribution in [0.25, 0.3) is 0 Å². The standard InChI is InChI=1S/C62H106O6/c1-4-7-10-13-16-19-22-25-27-29-31-33-34-37-40-43-46-49-52-55-61(64)67-58-59(57-66-60(63)54-51-48-45-42-39-36-24-21-18-15-12-9-6-3)68-62(65)56-53-50-47-44-41-38-35-32-30-28-26-23-20-17-14-11-8-5-2/h16-17,19-20,22-23,25-26,28,30,32,35-36,39,59H,4-15,18,21,24,27,29,31,33-34,37-38,40-58H2,1-3H3/b19-16-,20-17-,25-22-,26-23-,30-28-,35-32-,39-36-. The second kappa shape index (κ2) is 56.2. The van der Waals surface area contributed by atoms with Gasteiger partial charge in [-0.15, -0.1) is 0 Å². The molecule has 390 valence electrons. The first-order valence-corrected chi connectivity index (χ1v) is 28.7. The average Bonchev–Trinajstić information content (AvgIpc) is 3.34.